The van der Waals surface area contributed by atoms with E-state index in [1.165, 1.54) is 17.7 Å². The molecule has 1 aromatic rings. The van der Waals surface area contributed by atoms with Crippen molar-refractivity contribution in [1.82, 2.24) is 0 Å². The first kappa shape index (κ1) is 12.2. The Morgan fingerprint density at radius 2 is 1.88 bits per heavy atom. The van der Waals surface area contributed by atoms with Crippen LogP contribution in [0.1, 0.15) is 25.7 Å². The smallest absolute Gasteiger partial charge is 0.146 e. The van der Waals surface area contributed by atoms with Crippen LogP contribution in [0.3, 0.4) is 0 Å². The van der Waals surface area contributed by atoms with Crippen LogP contribution in [0.2, 0.25) is 0 Å². The topological polar surface area (TPSA) is 17.1 Å². The third-order valence-corrected chi connectivity index (χ3v) is 4.57. The number of halogens is 1. The summed E-state index contributed by atoms with van der Waals surface area (Å²) < 4.78 is 1.08. The third kappa shape index (κ3) is 3.36. The van der Waals surface area contributed by atoms with Crippen LogP contribution in [0.15, 0.2) is 33.6 Å². The standard InChI is InChI=1S/C13H15BrOS/c14-11-5-7-12(8-6-11)16-9-13(15)10-3-1-2-4-10/h5-8,10H,1-4,9H2. The quantitative estimate of drug-likeness (QED) is 0.771. The molecule has 0 N–H and O–H groups in total. The van der Waals surface area contributed by atoms with Crippen molar-refractivity contribution in [2.45, 2.75) is 30.6 Å². The number of ketones is 1. The maximum atomic E-state index is 11.9. The largest absolute Gasteiger partial charge is 0.298 e. The van der Waals surface area contributed by atoms with Crippen molar-refractivity contribution in [3.63, 3.8) is 0 Å². The summed E-state index contributed by atoms with van der Waals surface area (Å²) in [4.78, 5) is 13.0. The highest BCUT2D eigenvalue weighted by Crippen LogP contribution is 2.28. The zero-order chi connectivity index (χ0) is 11.4. The van der Waals surface area contributed by atoms with E-state index in [9.17, 15) is 4.79 Å². The van der Waals surface area contributed by atoms with Crippen molar-refractivity contribution in [3.05, 3.63) is 28.7 Å². The van der Waals surface area contributed by atoms with Crippen LogP contribution in [0.25, 0.3) is 0 Å². The van der Waals surface area contributed by atoms with E-state index in [2.05, 4.69) is 28.1 Å². The SMILES string of the molecule is O=C(CSc1ccc(Br)cc1)C1CCCC1. The zero-order valence-corrected chi connectivity index (χ0v) is 11.5. The molecule has 0 unspecified atom stereocenters. The van der Waals surface area contributed by atoms with Crippen molar-refractivity contribution in [1.29, 1.82) is 0 Å². The molecule has 0 radical (unpaired) electrons. The summed E-state index contributed by atoms with van der Waals surface area (Å²) in [7, 11) is 0. The molecule has 0 aliphatic heterocycles. The molecule has 0 saturated heterocycles. The lowest BCUT2D eigenvalue weighted by Gasteiger charge is -2.07. The Balaban J connectivity index is 1.82. The van der Waals surface area contributed by atoms with E-state index >= 15 is 0 Å². The molecule has 16 heavy (non-hydrogen) atoms. The van der Waals surface area contributed by atoms with Crippen molar-refractivity contribution < 1.29 is 4.79 Å². The molecule has 0 heterocycles. The highest BCUT2D eigenvalue weighted by atomic mass is 79.9. The molecule has 2 rings (SSSR count). The molecule has 0 atom stereocenters. The van der Waals surface area contributed by atoms with Crippen molar-refractivity contribution in [2.75, 3.05) is 5.75 Å². The number of carbonyl (C=O) groups is 1. The van der Waals surface area contributed by atoms with Gasteiger partial charge in [-0.25, -0.2) is 0 Å². The van der Waals surface area contributed by atoms with Crippen molar-refractivity contribution >= 4 is 33.5 Å². The van der Waals surface area contributed by atoms with Gasteiger partial charge in [0, 0.05) is 15.3 Å². The molecular formula is C13H15BrOS. The molecule has 1 fully saturated rings. The second-order valence-electron chi connectivity index (χ2n) is 4.19. The average Bonchev–Trinajstić information content (AvgIpc) is 2.81. The number of benzene rings is 1. The summed E-state index contributed by atoms with van der Waals surface area (Å²) in [6, 6.07) is 8.14. The summed E-state index contributed by atoms with van der Waals surface area (Å²) in [6.45, 7) is 0. The van der Waals surface area contributed by atoms with Gasteiger partial charge in [0.1, 0.15) is 5.78 Å². The van der Waals surface area contributed by atoms with Crippen LogP contribution in [-0.4, -0.2) is 11.5 Å². The second kappa shape index (κ2) is 5.87. The van der Waals surface area contributed by atoms with Crippen molar-refractivity contribution in [2.24, 2.45) is 5.92 Å². The predicted octanol–water partition coefficient (Wildman–Crippen LogP) is 4.30. The highest BCUT2D eigenvalue weighted by Gasteiger charge is 2.22. The monoisotopic (exact) mass is 298 g/mol. The van der Waals surface area contributed by atoms with Crippen molar-refractivity contribution in [3.8, 4) is 0 Å². The fourth-order valence-electron chi connectivity index (χ4n) is 2.05. The number of carbonyl (C=O) groups excluding carboxylic acids is 1. The molecule has 3 heteroatoms. The molecule has 0 amide bonds. The van der Waals surface area contributed by atoms with Crippen LogP contribution >= 0.6 is 27.7 Å². The normalized spacial score (nSPS) is 16.6. The van der Waals surface area contributed by atoms with Crippen LogP contribution < -0.4 is 0 Å². The molecule has 0 bridgehead atoms. The van der Waals surface area contributed by atoms with Crippen LogP contribution in [0.4, 0.5) is 0 Å². The van der Waals surface area contributed by atoms with E-state index in [0.717, 1.165) is 17.3 Å². The first-order valence-electron chi connectivity index (χ1n) is 5.67. The van der Waals surface area contributed by atoms with Gasteiger partial charge in [-0.3, -0.25) is 4.79 Å². The zero-order valence-electron chi connectivity index (χ0n) is 9.12. The molecule has 1 aliphatic carbocycles. The Morgan fingerprint density at radius 1 is 1.25 bits per heavy atom. The fraction of sp³-hybridized carbons (Fsp3) is 0.462. The van der Waals surface area contributed by atoms with Gasteiger partial charge in [0.25, 0.3) is 0 Å². The molecule has 0 spiro atoms. The maximum absolute atomic E-state index is 11.9. The summed E-state index contributed by atoms with van der Waals surface area (Å²) in [5.74, 6) is 1.42. The van der Waals surface area contributed by atoms with Gasteiger partial charge < -0.3 is 0 Å². The second-order valence-corrected chi connectivity index (χ2v) is 6.15. The minimum atomic E-state index is 0.350. The van der Waals surface area contributed by atoms with E-state index in [4.69, 9.17) is 0 Å². The molecule has 1 aromatic carbocycles. The number of hydrogen-bond acceptors (Lipinski definition) is 2. The molecule has 0 aromatic heterocycles. The number of rotatable bonds is 4. The van der Waals surface area contributed by atoms with Gasteiger partial charge in [-0.2, -0.15) is 0 Å². The van der Waals surface area contributed by atoms with Crippen LogP contribution in [0.5, 0.6) is 0 Å². The lowest BCUT2D eigenvalue weighted by molar-refractivity contribution is -0.120. The lowest BCUT2D eigenvalue weighted by Crippen LogP contribution is -2.12. The van der Waals surface area contributed by atoms with E-state index < -0.39 is 0 Å². The summed E-state index contributed by atoms with van der Waals surface area (Å²) in [6.07, 6.45) is 4.69. The molecule has 1 aliphatic rings. The van der Waals surface area contributed by atoms with Crippen LogP contribution in [-0.2, 0) is 4.79 Å². The van der Waals surface area contributed by atoms with Gasteiger partial charge in [0.15, 0.2) is 0 Å². The first-order valence-corrected chi connectivity index (χ1v) is 7.44. The van der Waals surface area contributed by atoms with Gasteiger partial charge in [0.2, 0.25) is 0 Å². The van der Waals surface area contributed by atoms with Gasteiger partial charge >= 0.3 is 0 Å². The van der Waals surface area contributed by atoms with Gasteiger partial charge in [-0.1, -0.05) is 28.8 Å². The Morgan fingerprint density at radius 3 is 2.50 bits per heavy atom. The van der Waals surface area contributed by atoms with E-state index in [0.29, 0.717) is 17.5 Å². The molecular weight excluding hydrogens is 284 g/mol. The van der Waals surface area contributed by atoms with Gasteiger partial charge in [0.05, 0.1) is 5.75 Å². The predicted molar refractivity (Wildman–Crippen MR) is 71.8 cm³/mol. The number of hydrogen-bond donors (Lipinski definition) is 0. The van der Waals surface area contributed by atoms with E-state index in [1.807, 2.05) is 12.1 Å². The summed E-state index contributed by atoms with van der Waals surface area (Å²) in [5.41, 5.74) is 0. The minimum absolute atomic E-state index is 0.350. The number of Topliss-reactive ketones (excluding diaryl/α,β-unsaturated/α-hetero) is 1. The maximum Gasteiger partial charge on any atom is 0.146 e. The van der Waals surface area contributed by atoms with E-state index in [-0.39, 0.29) is 0 Å². The molecule has 1 saturated carbocycles. The summed E-state index contributed by atoms with van der Waals surface area (Å²) in [5, 5.41) is 0. The third-order valence-electron chi connectivity index (χ3n) is 3.01. The Kier molecular flexibility index (Phi) is 4.47. The van der Waals surface area contributed by atoms with E-state index in [1.54, 1.807) is 11.8 Å². The first-order chi connectivity index (χ1) is 7.75. The Labute approximate surface area is 109 Å². The Bertz CT molecular complexity index is 355. The van der Waals surface area contributed by atoms with Gasteiger partial charge in [-0.15, -0.1) is 11.8 Å². The average molecular weight is 299 g/mol. The fourth-order valence-corrected chi connectivity index (χ4v) is 3.19. The highest BCUT2D eigenvalue weighted by molar-refractivity contribution is 9.10. The Hall–Kier alpha value is -0.280. The summed E-state index contributed by atoms with van der Waals surface area (Å²) >= 11 is 5.06. The van der Waals surface area contributed by atoms with Gasteiger partial charge in [-0.05, 0) is 37.1 Å². The minimum Gasteiger partial charge on any atom is -0.298 e. The lowest BCUT2D eigenvalue weighted by atomic mass is 10.0. The number of thioether (sulfide) groups is 1. The molecule has 1 nitrogen and oxygen atoms in total. The molecule has 86 valence electrons. The van der Waals surface area contributed by atoms with Crippen LogP contribution in [0, 0.1) is 5.92 Å².